The highest BCUT2D eigenvalue weighted by molar-refractivity contribution is 5.78. The maximum absolute atomic E-state index is 12.0. The van der Waals surface area contributed by atoms with Crippen LogP contribution in [-0.4, -0.2) is 60.5 Å². The second-order valence-electron chi connectivity index (χ2n) is 5.79. The van der Waals surface area contributed by atoms with Gasteiger partial charge in [0, 0.05) is 31.2 Å². The Hall–Kier alpha value is -0.610. The maximum atomic E-state index is 12.0. The molecule has 0 aromatic carbocycles. The Morgan fingerprint density at radius 2 is 1.89 bits per heavy atom. The van der Waals surface area contributed by atoms with Gasteiger partial charge in [-0.1, -0.05) is 0 Å². The first kappa shape index (κ1) is 13.8. The van der Waals surface area contributed by atoms with Gasteiger partial charge >= 0.3 is 0 Å². The Labute approximate surface area is 111 Å². The molecule has 0 radical (unpaired) electrons. The number of carbonyl (C=O) groups excluding carboxylic acids is 1. The Morgan fingerprint density at radius 3 is 2.39 bits per heavy atom. The van der Waals surface area contributed by atoms with Crippen LogP contribution in [0.15, 0.2) is 0 Å². The van der Waals surface area contributed by atoms with Gasteiger partial charge in [0.05, 0.1) is 6.54 Å². The molecule has 4 heteroatoms. The molecule has 2 saturated carbocycles. The Kier molecular flexibility index (Phi) is 4.62. The summed E-state index contributed by atoms with van der Waals surface area (Å²) in [6.07, 6.45) is 5.07. The quantitative estimate of drug-likeness (QED) is 0.703. The van der Waals surface area contributed by atoms with E-state index in [1.54, 1.807) is 0 Å². The predicted molar refractivity (Wildman–Crippen MR) is 73.5 cm³/mol. The molecule has 2 aliphatic carbocycles. The zero-order valence-electron chi connectivity index (χ0n) is 12.0. The number of carbonyl (C=O) groups is 1. The first-order chi connectivity index (χ1) is 8.63. The highest BCUT2D eigenvalue weighted by Crippen LogP contribution is 2.27. The lowest BCUT2D eigenvalue weighted by molar-refractivity contribution is -0.130. The Balaban J connectivity index is 1.62. The van der Waals surface area contributed by atoms with Crippen molar-refractivity contribution < 1.29 is 4.79 Å². The van der Waals surface area contributed by atoms with Gasteiger partial charge in [0.15, 0.2) is 0 Å². The molecule has 4 nitrogen and oxygen atoms in total. The van der Waals surface area contributed by atoms with Crippen LogP contribution >= 0.6 is 0 Å². The zero-order valence-corrected chi connectivity index (χ0v) is 12.0. The molecule has 0 saturated heterocycles. The first-order valence-electron chi connectivity index (χ1n) is 7.35. The average molecular weight is 253 g/mol. The SMILES string of the molecule is CCN(C(=O)CNCC(C)N(C)C1CC1)C1CC1. The Morgan fingerprint density at radius 1 is 1.28 bits per heavy atom. The summed E-state index contributed by atoms with van der Waals surface area (Å²) in [5.74, 6) is 0.265. The molecule has 1 atom stereocenters. The molecule has 0 heterocycles. The summed E-state index contributed by atoms with van der Waals surface area (Å²) in [6, 6.07) is 1.84. The molecule has 0 bridgehead atoms. The van der Waals surface area contributed by atoms with E-state index in [1.165, 1.54) is 25.7 Å². The van der Waals surface area contributed by atoms with Gasteiger partial charge in [-0.15, -0.1) is 0 Å². The van der Waals surface area contributed by atoms with Gasteiger partial charge in [-0.2, -0.15) is 0 Å². The third kappa shape index (κ3) is 3.69. The third-order valence-electron chi connectivity index (χ3n) is 4.18. The third-order valence-corrected chi connectivity index (χ3v) is 4.18. The van der Waals surface area contributed by atoms with Crippen LogP contribution in [0.5, 0.6) is 0 Å². The second-order valence-corrected chi connectivity index (χ2v) is 5.79. The van der Waals surface area contributed by atoms with Crippen molar-refractivity contribution in [3.63, 3.8) is 0 Å². The zero-order chi connectivity index (χ0) is 13.1. The smallest absolute Gasteiger partial charge is 0.236 e. The highest BCUT2D eigenvalue weighted by atomic mass is 16.2. The molecule has 1 unspecified atom stereocenters. The van der Waals surface area contributed by atoms with Crippen LogP contribution in [0.2, 0.25) is 0 Å². The van der Waals surface area contributed by atoms with E-state index in [1.807, 2.05) is 4.90 Å². The molecule has 104 valence electrons. The van der Waals surface area contributed by atoms with Crippen LogP contribution < -0.4 is 5.32 Å². The van der Waals surface area contributed by atoms with E-state index in [2.05, 4.69) is 31.1 Å². The second kappa shape index (κ2) is 6.02. The van der Waals surface area contributed by atoms with Crippen molar-refractivity contribution >= 4 is 5.91 Å². The summed E-state index contributed by atoms with van der Waals surface area (Å²) in [6.45, 7) is 6.55. The van der Waals surface area contributed by atoms with Crippen LogP contribution in [0.3, 0.4) is 0 Å². The minimum Gasteiger partial charge on any atom is -0.339 e. The first-order valence-corrected chi connectivity index (χ1v) is 7.35. The van der Waals surface area contributed by atoms with Crippen molar-refractivity contribution in [3.05, 3.63) is 0 Å². The van der Waals surface area contributed by atoms with E-state index in [0.717, 1.165) is 19.1 Å². The van der Waals surface area contributed by atoms with Gasteiger partial charge in [-0.3, -0.25) is 9.69 Å². The number of rotatable bonds is 8. The van der Waals surface area contributed by atoms with Crippen molar-refractivity contribution in [2.45, 2.75) is 57.7 Å². The molecule has 2 fully saturated rings. The number of hydrogen-bond acceptors (Lipinski definition) is 3. The topological polar surface area (TPSA) is 35.6 Å². The summed E-state index contributed by atoms with van der Waals surface area (Å²) in [4.78, 5) is 16.4. The van der Waals surface area contributed by atoms with Crippen LogP contribution in [0, 0.1) is 0 Å². The van der Waals surface area contributed by atoms with Crippen LogP contribution in [0.4, 0.5) is 0 Å². The van der Waals surface area contributed by atoms with E-state index in [9.17, 15) is 4.79 Å². The average Bonchev–Trinajstić information content (AvgIpc) is 3.19. The van der Waals surface area contributed by atoms with Crippen molar-refractivity contribution in [2.75, 3.05) is 26.7 Å². The minimum absolute atomic E-state index is 0.265. The van der Waals surface area contributed by atoms with Gasteiger partial charge in [-0.25, -0.2) is 0 Å². The number of nitrogens with one attached hydrogen (secondary N) is 1. The van der Waals surface area contributed by atoms with Crippen LogP contribution in [0.25, 0.3) is 0 Å². The van der Waals surface area contributed by atoms with Crippen LogP contribution in [0.1, 0.15) is 39.5 Å². The molecule has 0 aromatic rings. The number of likely N-dealkylation sites (N-methyl/N-ethyl adjacent to an activating group) is 2. The molecule has 2 aliphatic rings. The standard InChI is InChI=1S/C14H27N3O/c1-4-17(13-7-8-13)14(18)10-15-9-11(2)16(3)12-5-6-12/h11-13,15H,4-10H2,1-3H3. The predicted octanol–water partition coefficient (Wildman–Crippen LogP) is 1.07. The van der Waals surface area contributed by atoms with E-state index in [4.69, 9.17) is 0 Å². The normalized spacial score (nSPS) is 21.1. The maximum Gasteiger partial charge on any atom is 0.236 e. The van der Waals surface area contributed by atoms with Gasteiger partial charge in [-0.05, 0) is 46.6 Å². The van der Waals surface area contributed by atoms with E-state index < -0.39 is 0 Å². The Bertz CT molecular complexity index is 287. The molecule has 0 spiro atoms. The van der Waals surface area contributed by atoms with Gasteiger partial charge in [0.2, 0.25) is 5.91 Å². The lowest BCUT2D eigenvalue weighted by atomic mass is 10.3. The number of nitrogens with zero attached hydrogens (tertiary/aromatic N) is 2. The molecule has 0 aliphatic heterocycles. The lowest BCUT2D eigenvalue weighted by Gasteiger charge is -2.25. The molecule has 1 N–H and O–H groups in total. The van der Waals surface area contributed by atoms with E-state index in [0.29, 0.717) is 18.6 Å². The fourth-order valence-corrected chi connectivity index (χ4v) is 2.50. The fourth-order valence-electron chi connectivity index (χ4n) is 2.50. The molecular weight excluding hydrogens is 226 g/mol. The molecule has 1 amide bonds. The highest BCUT2D eigenvalue weighted by Gasteiger charge is 2.31. The summed E-state index contributed by atoms with van der Waals surface area (Å²) < 4.78 is 0. The lowest BCUT2D eigenvalue weighted by Crippen LogP contribution is -2.44. The molecular formula is C14H27N3O. The van der Waals surface area contributed by atoms with E-state index >= 15 is 0 Å². The largest absolute Gasteiger partial charge is 0.339 e. The number of hydrogen-bond donors (Lipinski definition) is 1. The van der Waals surface area contributed by atoms with Crippen molar-refractivity contribution in [2.24, 2.45) is 0 Å². The monoisotopic (exact) mass is 253 g/mol. The van der Waals surface area contributed by atoms with E-state index in [-0.39, 0.29) is 5.91 Å². The fraction of sp³-hybridized carbons (Fsp3) is 0.929. The molecule has 2 rings (SSSR count). The summed E-state index contributed by atoms with van der Waals surface area (Å²) in [7, 11) is 2.19. The number of amides is 1. The summed E-state index contributed by atoms with van der Waals surface area (Å²) >= 11 is 0. The molecule has 0 aromatic heterocycles. The minimum atomic E-state index is 0.265. The van der Waals surface area contributed by atoms with Crippen molar-refractivity contribution in [1.82, 2.24) is 15.1 Å². The summed E-state index contributed by atoms with van der Waals surface area (Å²) in [5, 5.41) is 3.31. The van der Waals surface area contributed by atoms with Crippen LogP contribution in [-0.2, 0) is 4.79 Å². The van der Waals surface area contributed by atoms with Gasteiger partial charge < -0.3 is 10.2 Å². The van der Waals surface area contributed by atoms with Gasteiger partial charge in [0.25, 0.3) is 0 Å². The van der Waals surface area contributed by atoms with Crippen molar-refractivity contribution in [1.29, 1.82) is 0 Å². The van der Waals surface area contributed by atoms with Crippen molar-refractivity contribution in [3.8, 4) is 0 Å². The molecule has 18 heavy (non-hydrogen) atoms. The van der Waals surface area contributed by atoms with Gasteiger partial charge in [0.1, 0.15) is 0 Å². The summed E-state index contributed by atoms with van der Waals surface area (Å²) in [5.41, 5.74) is 0.